The van der Waals surface area contributed by atoms with Crippen LogP contribution < -0.4 is 15.8 Å². The van der Waals surface area contributed by atoms with Gasteiger partial charge in [-0.05, 0) is 42.7 Å². The fourth-order valence-corrected chi connectivity index (χ4v) is 4.33. The van der Waals surface area contributed by atoms with Crippen LogP contribution in [0.2, 0.25) is 0 Å². The van der Waals surface area contributed by atoms with E-state index >= 15 is 0 Å². The quantitative estimate of drug-likeness (QED) is 0.511. The molecule has 31 heavy (non-hydrogen) atoms. The van der Waals surface area contributed by atoms with Crippen molar-refractivity contribution in [3.8, 4) is 0 Å². The molecule has 2 aromatic heterocycles. The van der Waals surface area contributed by atoms with Gasteiger partial charge >= 0.3 is 0 Å². The Labute approximate surface area is 179 Å². The first-order chi connectivity index (χ1) is 14.6. The number of nitrogens with one attached hydrogen (secondary N) is 2. The summed E-state index contributed by atoms with van der Waals surface area (Å²) in [6.45, 7) is 5.29. The molecule has 0 aliphatic heterocycles. The zero-order chi connectivity index (χ0) is 22.8. The summed E-state index contributed by atoms with van der Waals surface area (Å²) in [7, 11) is -3.98. The molecule has 0 radical (unpaired) electrons. The zero-order valence-corrected chi connectivity index (χ0v) is 18.1. The molecule has 0 unspecified atom stereocenters. The lowest BCUT2D eigenvalue weighted by molar-refractivity contribution is 0.573. The van der Waals surface area contributed by atoms with E-state index in [1.165, 1.54) is 18.5 Å². The van der Waals surface area contributed by atoms with E-state index in [9.17, 15) is 17.2 Å². The minimum absolute atomic E-state index is 0.0940. The van der Waals surface area contributed by atoms with E-state index in [1.807, 2.05) is 0 Å². The molecule has 164 valence electrons. The van der Waals surface area contributed by atoms with E-state index in [4.69, 9.17) is 5.73 Å². The number of sulfonamides is 1. The second kappa shape index (κ2) is 8.94. The number of halogens is 2. The van der Waals surface area contributed by atoms with Crippen LogP contribution in [0.15, 0.2) is 41.7 Å². The Kier molecular flexibility index (Phi) is 6.51. The maximum Gasteiger partial charge on any atom is 0.242 e. The van der Waals surface area contributed by atoms with Crippen molar-refractivity contribution in [1.82, 2.24) is 14.7 Å². The summed E-state index contributed by atoms with van der Waals surface area (Å²) in [4.78, 5) is 7.51. The number of rotatable bonds is 7. The van der Waals surface area contributed by atoms with Gasteiger partial charge < -0.3 is 11.1 Å². The van der Waals surface area contributed by atoms with Crippen molar-refractivity contribution in [3.63, 3.8) is 0 Å². The van der Waals surface area contributed by atoms with E-state index in [0.29, 0.717) is 16.8 Å². The van der Waals surface area contributed by atoms with E-state index in [1.54, 1.807) is 32.9 Å². The van der Waals surface area contributed by atoms with E-state index < -0.39 is 27.5 Å². The van der Waals surface area contributed by atoms with Crippen LogP contribution >= 0.6 is 0 Å². The minimum atomic E-state index is -3.98. The van der Waals surface area contributed by atoms with Crippen LogP contribution in [0.1, 0.15) is 29.2 Å². The Balaban J connectivity index is 2.03. The second-order valence-electron chi connectivity index (χ2n) is 7.06. The molecule has 0 amide bonds. The maximum atomic E-state index is 14.8. The van der Waals surface area contributed by atoms with E-state index in [0.717, 1.165) is 11.8 Å². The number of pyridine rings is 2. The smallest absolute Gasteiger partial charge is 0.242 e. The van der Waals surface area contributed by atoms with Gasteiger partial charge in [-0.15, -0.1) is 0 Å². The molecular formula is C21H23F2N5O2S. The Morgan fingerprint density at radius 2 is 1.84 bits per heavy atom. The van der Waals surface area contributed by atoms with Gasteiger partial charge in [0.25, 0.3) is 0 Å². The molecule has 3 aromatic rings. The summed E-state index contributed by atoms with van der Waals surface area (Å²) in [5.41, 5.74) is 8.25. The van der Waals surface area contributed by atoms with Gasteiger partial charge in [0.05, 0.1) is 17.6 Å². The molecular weight excluding hydrogens is 424 g/mol. The molecule has 7 nitrogen and oxygen atoms in total. The second-order valence-corrected chi connectivity index (χ2v) is 8.79. The van der Waals surface area contributed by atoms with Gasteiger partial charge in [0.1, 0.15) is 10.7 Å². The summed E-state index contributed by atoms with van der Waals surface area (Å²) in [5.74, 6) is -1.72. The number of anilines is 3. The van der Waals surface area contributed by atoms with Crippen LogP contribution in [-0.4, -0.2) is 24.9 Å². The third kappa shape index (κ3) is 4.80. The zero-order valence-electron chi connectivity index (χ0n) is 17.3. The van der Waals surface area contributed by atoms with Crippen molar-refractivity contribution < 1.29 is 17.2 Å². The number of benzene rings is 1. The summed E-state index contributed by atoms with van der Waals surface area (Å²) in [6, 6.07) is 4.79. The molecule has 2 heterocycles. The van der Waals surface area contributed by atoms with Crippen molar-refractivity contribution in [1.29, 1.82) is 0 Å². The first kappa shape index (κ1) is 22.6. The topological polar surface area (TPSA) is 110 Å². The molecule has 0 spiro atoms. The molecule has 10 heteroatoms. The first-order valence-electron chi connectivity index (χ1n) is 9.53. The maximum absolute atomic E-state index is 14.8. The van der Waals surface area contributed by atoms with Crippen LogP contribution in [0.25, 0.3) is 0 Å². The minimum Gasteiger partial charge on any atom is -0.381 e. The molecule has 0 saturated carbocycles. The van der Waals surface area contributed by atoms with Gasteiger partial charge in [-0.1, -0.05) is 13.0 Å². The molecule has 0 saturated heterocycles. The number of hydrogen-bond acceptors (Lipinski definition) is 6. The largest absolute Gasteiger partial charge is 0.381 e. The lowest BCUT2D eigenvalue weighted by atomic mass is 10.0. The van der Waals surface area contributed by atoms with Crippen LogP contribution in [-0.2, 0) is 16.4 Å². The summed E-state index contributed by atoms with van der Waals surface area (Å²) < 4.78 is 56.5. The normalized spacial score (nSPS) is 11.5. The number of nitrogens with zero attached hydrogens (tertiary/aromatic N) is 2. The molecule has 0 bridgehead atoms. The number of nitrogens with two attached hydrogens (primary N) is 1. The van der Waals surface area contributed by atoms with E-state index in [2.05, 4.69) is 20.0 Å². The molecule has 0 fully saturated rings. The van der Waals surface area contributed by atoms with Gasteiger partial charge in [0.15, 0.2) is 11.6 Å². The van der Waals surface area contributed by atoms with Crippen LogP contribution in [0.3, 0.4) is 0 Å². The van der Waals surface area contributed by atoms with Crippen molar-refractivity contribution in [2.45, 2.75) is 32.1 Å². The molecule has 0 atom stereocenters. The van der Waals surface area contributed by atoms with Gasteiger partial charge in [0, 0.05) is 30.9 Å². The van der Waals surface area contributed by atoms with Crippen molar-refractivity contribution in [2.24, 2.45) is 0 Å². The Hall–Kier alpha value is -3.11. The summed E-state index contributed by atoms with van der Waals surface area (Å²) >= 11 is 0. The number of aromatic nitrogens is 2. The van der Waals surface area contributed by atoms with Gasteiger partial charge in [-0.25, -0.2) is 26.9 Å². The van der Waals surface area contributed by atoms with Gasteiger partial charge in [0.2, 0.25) is 10.0 Å². The van der Waals surface area contributed by atoms with Crippen molar-refractivity contribution in [2.75, 3.05) is 17.6 Å². The lowest BCUT2D eigenvalue weighted by Crippen LogP contribution is -2.25. The third-order valence-electron chi connectivity index (χ3n) is 4.81. The number of hydrogen-bond donors (Lipinski definition) is 3. The fraction of sp³-hybridized carbons (Fsp3) is 0.238. The molecule has 3 rings (SSSR count). The van der Waals surface area contributed by atoms with Crippen molar-refractivity contribution in [3.05, 3.63) is 70.7 Å². The fourth-order valence-electron chi connectivity index (χ4n) is 3.12. The van der Waals surface area contributed by atoms with Crippen LogP contribution in [0.5, 0.6) is 0 Å². The predicted octanol–water partition coefficient (Wildman–Crippen LogP) is 3.59. The predicted molar refractivity (Wildman–Crippen MR) is 116 cm³/mol. The highest BCUT2D eigenvalue weighted by Gasteiger charge is 2.24. The lowest BCUT2D eigenvalue weighted by Gasteiger charge is -2.16. The highest BCUT2D eigenvalue weighted by Crippen LogP contribution is 2.29. The Bertz CT molecular complexity index is 1230. The average molecular weight is 448 g/mol. The molecule has 1 aromatic carbocycles. The van der Waals surface area contributed by atoms with Crippen molar-refractivity contribution >= 4 is 27.2 Å². The third-order valence-corrected chi connectivity index (χ3v) is 6.41. The van der Waals surface area contributed by atoms with Gasteiger partial charge in [-0.3, -0.25) is 4.98 Å². The molecule has 0 aliphatic carbocycles. The Morgan fingerprint density at radius 1 is 1.10 bits per heavy atom. The molecule has 0 aliphatic rings. The van der Waals surface area contributed by atoms with E-state index in [-0.39, 0.29) is 29.1 Å². The first-order valence-corrected chi connectivity index (χ1v) is 11.0. The molecule has 4 N–H and O–H groups in total. The number of aryl methyl sites for hydroxylation is 1. The average Bonchev–Trinajstić information content (AvgIpc) is 2.70. The van der Waals surface area contributed by atoms with Crippen LogP contribution in [0.4, 0.5) is 26.0 Å². The SMILES string of the molecule is CCNS(=O)(=O)c1cnc(N)c(F)c1Cc1cncc(Nc2ccc(C)cc2F)c1C. The summed E-state index contributed by atoms with van der Waals surface area (Å²) in [5, 5.41) is 2.99. The Morgan fingerprint density at radius 3 is 2.52 bits per heavy atom. The number of nitrogen functional groups attached to an aromatic ring is 1. The summed E-state index contributed by atoms with van der Waals surface area (Å²) in [6.07, 6.45) is 3.97. The highest BCUT2D eigenvalue weighted by atomic mass is 32.2. The standard InChI is InChI=1S/C21H23F2N5O2S/c1-4-27-31(29,30)19-11-26-21(24)20(23)15(19)8-14-9-25-10-18(13(14)3)28-17-6-5-12(2)7-16(17)22/h5-7,9-11,27-28H,4,8H2,1-3H3,(H2,24,26). The van der Waals surface area contributed by atoms with Gasteiger partial charge in [-0.2, -0.15) is 0 Å². The van der Waals surface area contributed by atoms with Crippen LogP contribution in [0, 0.1) is 25.5 Å². The monoisotopic (exact) mass is 447 g/mol. The highest BCUT2D eigenvalue weighted by molar-refractivity contribution is 7.89.